The molecule has 1 amide bonds. The highest BCUT2D eigenvalue weighted by Crippen LogP contribution is 2.22. The summed E-state index contributed by atoms with van der Waals surface area (Å²) in [6, 6.07) is 7.84. The molecule has 4 nitrogen and oxygen atoms in total. The third-order valence-corrected chi connectivity index (χ3v) is 4.80. The lowest BCUT2D eigenvalue weighted by molar-refractivity contribution is -0.113. The number of aromatic nitrogens is 2. The van der Waals surface area contributed by atoms with Crippen molar-refractivity contribution in [1.82, 2.24) is 9.55 Å². The Morgan fingerprint density at radius 2 is 1.91 bits per heavy atom. The van der Waals surface area contributed by atoms with Gasteiger partial charge in [0.1, 0.15) is 0 Å². The van der Waals surface area contributed by atoms with Gasteiger partial charge < -0.3 is 9.88 Å². The molecular formula is C18H25N3OS. The van der Waals surface area contributed by atoms with Crippen LogP contribution in [0.15, 0.2) is 29.4 Å². The topological polar surface area (TPSA) is 46.9 Å². The predicted molar refractivity (Wildman–Crippen MR) is 97.1 cm³/mol. The molecule has 0 spiro atoms. The van der Waals surface area contributed by atoms with Crippen LogP contribution in [0, 0.1) is 20.8 Å². The number of benzene rings is 1. The van der Waals surface area contributed by atoms with Gasteiger partial charge in [-0.3, -0.25) is 4.79 Å². The highest BCUT2D eigenvalue weighted by Gasteiger charge is 2.13. The first-order chi connectivity index (χ1) is 11.0. The third-order valence-electron chi connectivity index (χ3n) is 3.83. The summed E-state index contributed by atoms with van der Waals surface area (Å²) in [5, 5.41) is 3.86. The van der Waals surface area contributed by atoms with E-state index < -0.39 is 0 Å². The van der Waals surface area contributed by atoms with E-state index in [0.29, 0.717) is 5.75 Å². The van der Waals surface area contributed by atoms with Crippen LogP contribution in [0.25, 0.3) is 0 Å². The number of imidazole rings is 1. The minimum atomic E-state index is -0.000740. The van der Waals surface area contributed by atoms with Crippen molar-refractivity contribution < 1.29 is 4.79 Å². The molecule has 23 heavy (non-hydrogen) atoms. The van der Waals surface area contributed by atoms with Crippen LogP contribution in [0.4, 0.5) is 5.69 Å². The predicted octanol–water partition coefficient (Wildman–Crippen LogP) is 4.34. The highest BCUT2D eigenvalue weighted by atomic mass is 32.2. The molecule has 0 aliphatic carbocycles. The summed E-state index contributed by atoms with van der Waals surface area (Å²) in [4.78, 5) is 16.7. The molecule has 0 bridgehead atoms. The molecule has 0 saturated heterocycles. The van der Waals surface area contributed by atoms with E-state index in [4.69, 9.17) is 0 Å². The largest absolute Gasteiger partial charge is 0.325 e. The van der Waals surface area contributed by atoms with Gasteiger partial charge in [-0.15, -0.1) is 0 Å². The Morgan fingerprint density at radius 1 is 1.22 bits per heavy atom. The Balaban J connectivity index is 1.95. The van der Waals surface area contributed by atoms with Gasteiger partial charge in [-0.25, -0.2) is 4.98 Å². The summed E-state index contributed by atoms with van der Waals surface area (Å²) in [6.07, 6.45) is 2.27. The molecule has 2 aromatic rings. The van der Waals surface area contributed by atoms with E-state index in [9.17, 15) is 4.79 Å². The van der Waals surface area contributed by atoms with Crippen LogP contribution < -0.4 is 5.32 Å². The molecule has 1 heterocycles. The number of aryl methyl sites for hydroxylation is 2. The molecule has 0 radical (unpaired) electrons. The highest BCUT2D eigenvalue weighted by molar-refractivity contribution is 7.99. The van der Waals surface area contributed by atoms with Crippen LogP contribution in [0.3, 0.4) is 0 Å². The Kier molecular flexibility index (Phi) is 6.28. The maximum atomic E-state index is 12.1. The minimum Gasteiger partial charge on any atom is -0.325 e. The summed E-state index contributed by atoms with van der Waals surface area (Å²) in [7, 11) is 0. The zero-order valence-corrected chi connectivity index (χ0v) is 15.2. The van der Waals surface area contributed by atoms with E-state index >= 15 is 0 Å². The first kappa shape index (κ1) is 17.6. The maximum Gasteiger partial charge on any atom is 0.234 e. The van der Waals surface area contributed by atoms with Crippen LogP contribution in [-0.2, 0) is 11.3 Å². The zero-order valence-electron chi connectivity index (χ0n) is 14.3. The van der Waals surface area contributed by atoms with Crippen molar-refractivity contribution >= 4 is 23.4 Å². The fraction of sp³-hybridized carbons (Fsp3) is 0.444. The van der Waals surface area contributed by atoms with Crippen LogP contribution in [-0.4, -0.2) is 21.2 Å². The van der Waals surface area contributed by atoms with Gasteiger partial charge in [-0.2, -0.15) is 0 Å². The van der Waals surface area contributed by atoms with Gasteiger partial charge in [0.05, 0.1) is 11.4 Å². The number of nitrogens with zero attached hydrogens (tertiary/aromatic N) is 2. The second-order valence-corrected chi connectivity index (χ2v) is 6.72. The quantitative estimate of drug-likeness (QED) is 0.768. The molecule has 0 fully saturated rings. The van der Waals surface area contributed by atoms with Crippen molar-refractivity contribution in [1.29, 1.82) is 0 Å². The molecule has 0 aliphatic rings. The number of unbranched alkanes of at least 4 members (excludes halogenated alkanes) is 1. The van der Waals surface area contributed by atoms with Gasteiger partial charge in [0.15, 0.2) is 5.16 Å². The number of thioether (sulfide) groups is 1. The Bertz CT molecular complexity index is 662. The Hall–Kier alpha value is -1.75. The SMILES string of the molecule is CCCCn1c(SCC(=O)Nc2ccc(C)cc2)nc(C)c1C. The fourth-order valence-electron chi connectivity index (χ4n) is 2.28. The number of rotatable bonds is 7. The van der Waals surface area contributed by atoms with Crippen molar-refractivity contribution in [2.75, 3.05) is 11.1 Å². The van der Waals surface area contributed by atoms with Gasteiger partial charge >= 0.3 is 0 Å². The lowest BCUT2D eigenvalue weighted by Crippen LogP contribution is -2.14. The van der Waals surface area contributed by atoms with Gasteiger partial charge in [0, 0.05) is 17.9 Å². The van der Waals surface area contributed by atoms with E-state index in [-0.39, 0.29) is 5.91 Å². The summed E-state index contributed by atoms with van der Waals surface area (Å²) < 4.78 is 2.22. The van der Waals surface area contributed by atoms with Crippen molar-refractivity contribution in [2.45, 2.75) is 52.2 Å². The van der Waals surface area contributed by atoms with E-state index in [2.05, 4.69) is 28.7 Å². The second-order valence-electron chi connectivity index (χ2n) is 5.77. The first-order valence-electron chi connectivity index (χ1n) is 8.04. The lowest BCUT2D eigenvalue weighted by Gasteiger charge is -2.09. The number of hydrogen-bond acceptors (Lipinski definition) is 3. The molecule has 5 heteroatoms. The first-order valence-corrected chi connectivity index (χ1v) is 9.03. The van der Waals surface area contributed by atoms with E-state index in [1.807, 2.05) is 38.1 Å². The number of amides is 1. The van der Waals surface area contributed by atoms with Gasteiger partial charge in [0.2, 0.25) is 5.91 Å². The smallest absolute Gasteiger partial charge is 0.234 e. The number of nitrogens with one attached hydrogen (secondary N) is 1. The molecule has 0 unspecified atom stereocenters. The van der Waals surface area contributed by atoms with Crippen LogP contribution in [0.1, 0.15) is 36.7 Å². The second kappa shape index (κ2) is 8.20. The molecule has 124 valence electrons. The van der Waals surface area contributed by atoms with Crippen LogP contribution >= 0.6 is 11.8 Å². The van der Waals surface area contributed by atoms with Gasteiger partial charge in [-0.05, 0) is 39.3 Å². The average Bonchev–Trinajstić information content (AvgIpc) is 2.80. The van der Waals surface area contributed by atoms with Crippen molar-refractivity contribution in [2.24, 2.45) is 0 Å². The zero-order chi connectivity index (χ0) is 16.8. The van der Waals surface area contributed by atoms with E-state index in [1.54, 1.807) is 0 Å². The summed E-state index contributed by atoms with van der Waals surface area (Å²) in [6.45, 7) is 9.29. The lowest BCUT2D eigenvalue weighted by atomic mass is 10.2. The summed E-state index contributed by atoms with van der Waals surface area (Å²) in [5.74, 6) is 0.370. The van der Waals surface area contributed by atoms with Crippen molar-refractivity contribution in [3.05, 3.63) is 41.2 Å². The molecule has 1 N–H and O–H groups in total. The number of hydrogen-bond donors (Lipinski definition) is 1. The minimum absolute atomic E-state index is 0.000740. The van der Waals surface area contributed by atoms with E-state index in [0.717, 1.165) is 35.9 Å². The molecule has 2 rings (SSSR count). The van der Waals surface area contributed by atoms with Crippen LogP contribution in [0.5, 0.6) is 0 Å². The Labute approximate surface area is 142 Å². The standard InChI is InChI=1S/C18H25N3OS/c1-5-6-11-21-15(4)14(3)19-18(21)23-12-17(22)20-16-9-7-13(2)8-10-16/h7-10H,5-6,11-12H2,1-4H3,(H,20,22). The van der Waals surface area contributed by atoms with Gasteiger partial charge in [0.25, 0.3) is 0 Å². The molecule has 1 aromatic carbocycles. The number of carbonyl (C=O) groups is 1. The monoisotopic (exact) mass is 331 g/mol. The molecular weight excluding hydrogens is 306 g/mol. The summed E-state index contributed by atoms with van der Waals surface area (Å²) >= 11 is 1.50. The van der Waals surface area contributed by atoms with Crippen molar-refractivity contribution in [3.8, 4) is 0 Å². The maximum absolute atomic E-state index is 12.1. The van der Waals surface area contributed by atoms with E-state index in [1.165, 1.54) is 23.0 Å². The molecule has 0 aliphatic heterocycles. The number of carbonyl (C=O) groups excluding carboxylic acids is 1. The average molecular weight is 331 g/mol. The fourth-order valence-corrected chi connectivity index (χ4v) is 3.20. The molecule has 0 atom stereocenters. The van der Waals surface area contributed by atoms with Gasteiger partial charge in [-0.1, -0.05) is 42.8 Å². The number of anilines is 1. The molecule has 0 saturated carbocycles. The third kappa shape index (κ3) is 4.86. The van der Waals surface area contributed by atoms with Crippen LogP contribution in [0.2, 0.25) is 0 Å². The van der Waals surface area contributed by atoms with Crippen molar-refractivity contribution in [3.63, 3.8) is 0 Å². The summed E-state index contributed by atoms with van der Waals surface area (Å²) in [5.41, 5.74) is 4.26. The molecule has 1 aromatic heterocycles. The Morgan fingerprint density at radius 3 is 2.57 bits per heavy atom. The normalized spacial score (nSPS) is 10.8.